The number of alkyl halides is 1. The molecule has 1 spiro atoms. The Hall–Kier alpha value is -0.830. The summed E-state index contributed by atoms with van der Waals surface area (Å²) in [6, 6.07) is 0. The molecule has 28 heavy (non-hydrogen) atoms. The largest absolute Gasteiger partial charge is 0.458 e. The topological polar surface area (TPSA) is 43.4 Å². The second-order valence-corrected chi connectivity index (χ2v) is 11.5. The molecule has 0 unspecified atom stereocenters. The predicted molar refractivity (Wildman–Crippen MR) is 107 cm³/mol. The third kappa shape index (κ3) is 1.94. The van der Waals surface area contributed by atoms with Gasteiger partial charge in [-0.05, 0) is 79.6 Å². The number of allylic oxidation sites excluding steroid dienone is 1. The molecule has 0 aromatic heterocycles. The molecule has 0 bridgehead atoms. The normalized spacial score (nSPS) is 56.5. The molecule has 4 heteroatoms. The fourth-order valence-electron chi connectivity index (χ4n) is 9.20. The third-order valence-electron chi connectivity index (χ3n) is 10.5. The predicted octanol–water partition coefficient (Wildman–Crippen LogP) is 4.91. The highest BCUT2D eigenvalue weighted by Gasteiger charge is 2.79. The van der Waals surface area contributed by atoms with Crippen molar-refractivity contribution >= 4 is 23.4 Å². The zero-order valence-corrected chi connectivity index (χ0v) is 17.8. The van der Waals surface area contributed by atoms with E-state index in [1.165, 1.54) is 18.4 Å². The molecule has 6 aliphatic rings. The Morgan fingerprint density at radius 1 is 1.14 bits per heavy atom. The molecular formula is C24H31ClO3. The van der Waals surface area contributed by atoms with Gasteiger partial charge in [-0.15, -0.1) is 11.6 Å². The fourth-order valence-corrected chi connectivity index (χ4v) is 9.51. The lowest BCUT2D eigenvalue weighted by Crippen LogP contribution is -2.59. The second-order valence-electron chi connectivity index (χ2n) is 11.2. The molecule has 0 aromatic carbocycles. The van der Waals surface area contributed by atoms with Crippen LogP contribution in [0.5, 0.6) is 0 Å². The number of esters is 1. The summed E-state index contributed by atoms with van der Waals surface area (Å²) in [5.74, 6) is 4.62. The Bertz CT molecular complexity index is 804. The van der Waals surface area contributed by atoms with Gasteiger partial charge in [-0.3, -0.25) is 9.59 Å². The molecule has 5 aliphatic carbocycles. The van der Waals surface area contributed by atoms with Crippen LogP contribution in [-0.4, -0.2) is 23.2 Å². The number of rotatable bonds is 1. The van der Waals surface area contributed by atoms with E-state index in [-0.39, 0.29) is 22.4 Å². The van der Waals surface area contributed by atoms with E-state index in [1.54, 1.807) is 0 Å². The van der Waals surface area contributed by atoms with Gasteiger partial charge in [0, 0.05) is 30.1 Å². The van der Waals surface area contributed by atoms with Crippen molar-refractivity contribution in [2.24, 2.45) is 46.3 Å². The Morgan fingerprint density at radius 2 is 1.96 bits per heavy atom. The molecule has 5 fully saturated rings. The van der Waals surface area contributed by atoms with E-state index in [2.05, 4.69) is 13.8 Å². The van der Waals surface area contributed by atoms with E-state index in [4.69, 9.17) is 16.3 Å². The summed E-state index contributed by atoms with van der Waals surface area (Å²) < 4.78 is 6.20. The molecule has 6 rings (SSSR count). The average Bonchev–Trinajstić information content (AvgIpc) is 3.30. The van der Waals surface area contributed by atoms with Crippen LogP contribution in [-0.2, 0) is 14.3 Å². The summed E-state index contributed by atoms with van der Waals surface area (Å²) >= 11 is 6.59. The Labute approximate surface area is 172 Å². The van der Waals surface area contributed by atoms with Crippen molar-refractivity contribution in [1.82, 2.24) is 0 Å². The maximum Gasteiger partial charge on any atom is 0.306 e. The zero-order valence-electron chi connectivity index (χ0n) is 17.0. The van der Waals surface area contributed by atoms with Crippen molar-refractivity contribution in [1.29, 1.82) is 0 Å². The smallest absolute Gasteiger partial charge is 0.306 e. The standard InChI is InChI=1S/C24H31ClO3/c1-22-6-3-15(26)10-14(22)9-13(12-25)20-17(22)4-7-23(2)21(20)16-11-18(16)24(23)8-5-19(27)28-24/h10,13,16-18,20-21H,3-9,11-12H2,1-2H3/t13-,16-,17-,18+,20-,21-,22+,23+,24+/m1/s1. The minimum absolute atomic E-state index is 0.0233. The summed E-state index contributed by atoms with van der Waals surface area (Å²) in [6.45, 7) is 4.88. The summed E-state index contributed by atoms with van der Waals surface area (Å²) in [5.41, 5.74) is 1.46. The van der Waals surface area contributed by atoms with Crippen LogP contribution in [0, 0.1) is 46.3 Å². The molecule has 1 saturated heterocycles. The van der Waals surface area contributed by atoms with Gasteiger partial charge in [0.05, 0.1) is 0 Å². The van der Waals surface area contributed by atoms with Crippen molar-refractivity contribution < 1.29 is 14.3 Å². The highest BCUT2D eigenvalue weighted by atomic mass is 35.5. The summed E-state index contributed by atoms with van der Waals surface area (Å²) in [5, 5.41) is 0. The van der Waals surface area contributed by atoms with Crippen LogP contribution in [0.4, 0.5) is 0 Å². The number of carbonyl (C=O) groups excluding carboxylic acids is 2. The molecule has 0 aromatic rings. The first-order valence-corrected chi connectivity index (χ1v) is 11.9. The minimum atomic E-state index is -0.194. The third-order valence-corrected chi connectivity index (χ3v) is 10.9. The monoisotopic (exact) mass is 402 g/mol. The van der Waals surface area contributed by atoms with Crippen LogP contribution in [0.15, 0.2) is 11.6 Å². The number of ketones is 1. The van der Waals surface area contributed by atoms with Gasteiger partial charge >= 0.3 is 5.97 Å². The van der Waals surface area contributed by atoms with Gasteiger partial charge in [-0.1, -0.05) is 19.4 Å². The van der Waals surface area contributed by atoms with E-state index in [1.807, 2.05) is 6.08 Å². The van der Waals surface area contributed by atoms with Gasteiger partial charge in [0.2, 0.25) is 0 Å². The van der Waals surface area contributed by atoms with Gasteiger partial charge in [0.15, 0.2) is 5.78 Å². The summed E-state index contributed by atoms with van der Waals surface area (Å²) in [4.78, 5) is 24.3. The quantitative estimate of drug-likeness (QED) is 0.462. The first-order chi connectivity index (χ1) is 13.3. The first-order valence-electron chi connectivity index (χ1n) is 11.4. The lowest BCUT2D eigenvalue weighted by molar-refractivity contribution is -0.179. The number of hydrogen-bond donors (Lipinski definition) is 0. The van der Waals surface area contributed by atoms with Crippen LogP contribution in [0.25, 0.3) is 0 Å². The second kappa shape index (κ2) is 5.45. The molecule has 4 saturated carbocycles. The summed E-state index contributed by atoms with van der Waals surface area (Å²) in [6.07, 6.45) is 9.78. The van der Waals surface area contributed by atoms with Crippen molar-refractivity contribution in [3.05, 3.63) is 11.6 Å². The molecule has 152 valence electrons. The maximum absolute atomic E-state index is 12.2. The Kier molecular flexibility index (Phi) is 3.50. The van der Waals surface area contributed by atoms with Crippen LogP contribution >= 0.6 is 11.6 Å². The lowest BCUT2D eigenvalue weighted by Gasteiger charge is -2.62. The molecule has 0 N–H and O–H groups in total. The molecular weight excluding hydrogens is 372 g/mol. The van der Waals surface area contributed by atoms with Crippen LogP contribution in [0.1, 0.15) is 65.2 Å². The number of halogens is 1. The Balaban J connectivity index is 1.44. The van der Waals surface area contributed by atoms with Gasteiger partial charge in [-0.25, -0.2) is 0 Å². The van der Waals surface area contributed by atoms with Gasteiger partial charge in [-0.2, -0.15) is 0 Å². The molecule has 9 atom stereocenters. The van der Waals surface area contributed by atoms with Crippen molar-refractivity contribution in [2.75, 3.05) is 5.88 Å². The van der Waals surface area contributed by atoms with Crippen LogP contribution in [0.2, 0.25) is 0 Å². The summed E-state index contributed by atoms with van der Waals surface area (Å²) in [7, 11) is 0. The van der Waals surface area contributed by atoms with Crippen LogP contribution in [0.3, 0.4) is 0 Å². The molecule has 0 amide bonds. The minimum Gasteiger partial charge on any atom is -0.458 e. The van der Waals surface area contributed by atoms with E-state index >= 15 is 0 Å². The molecule has 1 heterocycles. The fraction of sp³-hybridized carbons (Fsp3) is 0.833. The van der Waals surface area contributed by atoms with E-state index in [9.17, 15) is 9.59 Å². The molecule has 0 radical (unpaired) electrons. The Morgan fingerprint density at radius 3 is 2.68 bits per heavy atom. The van der Waals surface area contributed by atoms with Gasteiger partial charge < -0.3 is 4.74 Å². The van der Waals surface area contributed by atoms with Crippen molar-refractivity contribution in [3.8, 4) is 0 Å². The molecule has 1 aliphatic heterocycles. The highest BCUT2D eigenvalue weighted by Crippen LogP contribution is 2.79. The van der Waals surface area contributed by atoms with Gasteiger partial charge in [0.1, 0.15) is 5.60 Å². The maximum atomic E-state index is 12.2. The first kappa shape index (κ1) is 18.0. The van der Waals surface area contributed by atoms with E-state index in [0.29, 0.717) is 60.0 Å². The van der Waals surface area contributed by atoms with Crippen LogP contribution < -0.4 is 0 Å². The van der Waals surface area contributed by atoms with E-state index in [0.717, 1.165) is 25.7 Å². The zero-order chi connectivity index (χ0) is 19.5. The van der Waals surface area contributed by atoms with Gasteiger partial charge in [0.25, 0.3) is 0 Å². The number of ether oxygens (including phenoxy) is 1. The van der Waals surface area contributed by atoms with Crippen molar-refractivity contribution in [3.63, 3.8) is 0 Å². The number of hydrogen-bond acceptors (Lipinski definition) is 3. The highest BCUT2D eigenvalue weighted by molar-refractivity contribution is 6.18. The van der Waals surface area contributed by atoms with Crippen molar-refractivity contribution in [2.45, 2.75) is 70.8 Å². The number of fused-ring (bicyclic) bond motifs is 9. The lowest BCUT2D eigenvalue weighted by atomic mass is 9.43. The molecule has 3 nitrogen and oxygen atoms in total. The SMILES string of the molecule is C[C@]12CCC(=O)C=C1C[C@H](CCl)[C@H]1[C@H]3[C@@H]4C[C@@H]4[C@@]4(CCC(=O)O4)[C@@]3(C)CC[C@H]12. The van der Waals surface area contributed by atoms with E-state index < -0.39 is 0 Å². The average molecular weight is 403 g/mol. The number of carbonyl (C=O) groups is 2.